The molecular weight excluding hydrogens is 300 g/mol. The first-order valence-electron chi connectivity index (χ1n) is 7.40. The first-order chi connectivity index (χ1) is 10.5. The second kappa shape index (κ2) is 7.99. The highest BCUT2D eigenvalue weighted by atomic mass is 35.5. The summed E-state index contributed by atoms with van der Waals surface area (Å²) in [5, 5.41) is 4.61. The lowest BCUT2D eigenvalue weighted by Gasteiger charge is -2.24. The van der Waals surface area contributed by atoms with E-state index in [2.05, 4.69) is 30.5 Å². The van der Waals surface area contributed by atoms with E-state index in [1.165, 1.54) is 5.57 Å². The Hall–Kier alpha value is -1.81. The number of hydrazone groups is 1. The summed E-state index contributed by atoms with van der Waals surface area (Å²) in [6.45, 7) is 4.27. The summed E-state index contributed by atoms with van der Waals surface area (Å²) in [5.74, 6) is 1.20. The highest BCUT2D eigenvalue weighted by molar-refractivity contribution is 6.30. The number of nitrogens with one attached hydrogen (secondary N) is 1. The minimum absolute atomic E-state index is 0.0864. The van der Waals surface area contributed by atoms with Crippen molar-refractivity contribution < 1.29 is 9.53 Å². The van der Waals surface area contributed by atoms with Gasteiger partial charge in [-0.05, 0) is 43.9 Å². The number of rotatable bonds is 5. The summed E-state index contributed by atoms with van der Waals surface area (Å²) in [4.78, 5) is 11.7. The molecule has 5 heteroatoms. The van der Waals surface area contributed by atoms with Crippen LogP contribution in [0.3, 0.4) is 0 Å². The predicted molar refractivity (Wildman–Crippen MR) is 89.2 cm³/mol. The number of carbonyl (C=O) groups is 1. The lowest BCUT2D eigenvalue weighted by Crippen LogP contribution is -2.26. The van der Waals surface area contributed by atoms with Gasteiger partial charge in [-0.25, -0.2) is 5.43 Å². The minimum atomic E-state index is -0.286. The third-order valence-electron chi connectivity index (χ3n) is 3.73. The zero-order chi connectivity index (χ0) is 15.9. The summed E-state index contributed by atoms with van der Waals surface area (Å²) < 4.78 is 5.35. The molecule has 22 heavy (non-hydrogen) atoms. The summed E-state index contributed by atoms with van der Waals surface area (Å²) in [7, 11) is 0. The van der Waals surface area contributed by atoms with Crippen molar-refractivity contribution in [2.75, 3.05) is 6.61 Å². The van der Waals surface area contributed by atoms with Crippen LogP contribution < -0.4 is 10.2 Å². The fraction of sp³-hybridized carbons (Fsp3) is 0.412. The standard InChI is InChI=1S/C17H21ClN2O2/c1-12-6-7-14(13(2)8-12)10-19-20-17(21)11-22-16-5-3-4-15(18)9-16/h3-6,9-10,13-14H,7-8,11H2,1-2H3,(H,20,21). The van der Waals surface area contributed by atoms with Gasteiger partial charge in [0.25, 0.3) is 5.91 Å². The molecule has 1 aromatic rings. The van der Waals surface area contributed by atoms with Crippen LogP contribution in [0.2, 0.25) is 5.02 Å². The van der Waals surface area contributed by atoms with Crippen LogP contribution in [-0.4, -0.2) is 18.7 Å². The molecule has 0 heterocycles. The van der Waals surface area contributed by atoms with Gasteiger partial charge >= 0.3 is 0 Å². The van der Waals surface area contributed by atoms with Crippen LogP contribution in [0.15, 0.2) is 41.0 Å². The summed E-state index contributed by atoms with van der Waals surface area (Å²) in [6.07, 6.45) is 6.12. The number of nitrogens with zero attached hydrogens (tertiary/aromatic N) is 1. The van der Waals surface area contributed by atoms with Crippen molar-refractivity contribution in [3.8, 4) is 5.75 Å². The molecule has 1 aliphatic carbocycles. The highest BCUT2D eigenvalue weighted by Gasteiger charge is 2.18. The third kappa shape index (κ3) is 5.19. The molecule has 118 valence electrons. The molecule has 0 saturated heterocycles. The first kappa shape index (κ1) is 16.6. The van der Waals surface area contributed by atoms with Crippen LogP contribution in [0.25, 0.3) is 0 Å². The molecule has 2 unspecified atom stereocenters. The van der Waals surface area contributed by atoms with Crippen LogP contribution >= 0.6 is 11.6 Å². The number of carbonyl (C=O) groups excluding carboxylic acids is 1. The van der Waals surface area contributed by atoms with Crippen LogP contribution in [0.1, 0.15) is 26.7 Å². The SMILES string of the molecule is CC1=CCC(C=NNC(=O)COc2cccc(Cl)c2)C(C)C1. The van der Waals surface area contributed by atoms with Crippen molar-refractivity contribution in [3.05, 3.63) is 40.9 Å². The van der Waals surface area contributed by atoms with E-state index < -0.39 is 0 Å². The zero-order valence-corrected chi connectivity index (χ0v) is 13.6. The Morgan fingerprint density at radius 1 is 1.55 bits per heavy atom. The molecule has 1 N–H and O–H groups in total. The molecule has 2 rings (SSSR count). The Labute approximate surface area is 136 Å². The summed E-state index contributed by atoms with van der Waals surface area (Å²) >= 11 is 5.84. The van der Waals surface area contributed by atoms with E-state index in [0.29, 0.717) is 22.6 Å². The number of benzene rings is 1. The van der Waals surface area contributed by atoms with Crippen molar-refractivity contribution in [1.82, 2.24) is 5.43 Å². The zero-order valence-electron chi connectivity index (χ0n) is 12.9. The van der Waals surface area contributed by atoms with E-state index in [4.69, 9.17) is 16.3 Å². The molecule has 1 amide bonds. The predicted octanol–water partition coefficient (Wildman–Crippen LogP) is 3.81. The van der Waals surface area contributed by atoms with Crippen molar-refractivity contribution in [3.63, 3.8) is 0 Å². The van der Waals surface area contributed by atoms with Gasteiger partial charge in [-0.1, -0.05) is 36.2 Å². The topological polar surface area (TPSA) is 50.7 Å². The number of allylic oxidation sites excluding steroid dienone is 2. The average Bonchev–Trinajstić information content (AvgIpc) is 2.47. The second-order valence-electron chi connectivity index (χ2n) is 5.69. The van der Waals surface area contributed by atoms with Crippen molar-refractivity contribution in [2.45, 2.75) is 26.7 Å². The lowest BCUT2D eigenvalue weighted by atomic mass is 9.82. The Bertz CT molecular complexity index is 584. The Morgan fingerprint density at radius 3 is 3.09 bits per heavy atom. The number of ether oxygens (including phenoxy) is 1. The molecule has 0 spiro atoms. The molecule has 1 aromatic carbocycles. The van der Waals surface area contributed by atoms with Gasteiger partial charge in [-0.2, -0.15) is 5.10 Å². The third-order valence-corrected chi connectivity index (χ3v) is 3.97. The average molecular weight is 321 g/mol. The Morgan fingerprint density at radius 2 is 2.36 bits per heavy atom. The van der Waals surface area contributed by atoms with Gasteiger partial charge in [-0.3, -0.25) is 4.79 Å². The van der Waals surface area contributed by atoms with Crippen molar-refractivity contribution >= 4 is 23.7 Å². The maximum atomic E-state index is 11.7. The fourth-order valence-electron chi connectivity index (χ4n) is 2.46. The molecule has 0 fully saturated rings. The van der Waals surface area contributed by atoms with E-state index in [9.17, 15) is 4.79 Å². The van der Waals surface area contributed by atoms with Gasteiger partial charge in [0.15, 0.2) is 6.61 Å². The highest BCUT2D eigenvalue weighted by Crippen LogP contribution is 2.27. The van der Waals surface area contributed by atoms with E-state index >= 15 is 0 Å². The Kier molecular flexibility index (Phi) is 6.01. The van der Waals surface area contributed by atoms with E-state index in [0.717, 1.165) is 12.8 Å². The number of hydrogen-bond donors (Lipinski definition) is 1. The lowest BCUT2D eigenvalue weighted by molar-refractivity contribution is -0.123. The van der Waals surface area contributed by atoms with Crippen LogP contribution in [0.5, 0.6) is 5.75 Å². The molecule has 1 aliphatic rings. The summed E-state index contributed by atoms with van der Waals surface area (Å²) in [5.41, 5.74) is 3.93. The van der Waals surface area contributed by atoms with Gasteiger partial charge in [-0.15, -0.1) is 0 Å². The smallest absolute Gasteiger partial charge is 0.277 e. The maximum absolute atomic E-state index is 11.7. The van der Waals surface area contributed by atoms with E-state index in [1.807, 2.05) is 6.21 Å². The first-order valence-corrected chi connectivity index (χ1v) is 7.78. The Balaban J connectivity index is 1.74. The second-order valence-corrected chi connectivity index (χ2v) is 6.13. The van der Waals surface area contributed by atoms with Crippen LogP contribution in [0.4, 0.5) is 0 Å². The molecule has 0 radical (unpaired) electrons. The minimum Gasteiger partial charge on any atom is -0.484 e. The maximum Gasteiger partial charge on any atom is 0.277 e. The van der Waals surface area contributed by atoms with Gasteiger partial charge in [0, 0.05) is 17.2 Å². The van der Waals surface area contributed by atoms with Gasteiger partial charge in [0.2, 0.25) is 0 Å². The molecule has 0 aliphatic heterocycles. The van der Waals surface area contributed by atoms with Crippen molar-refractivity contribution in [2.24, 2.45) is 16.9 Å². The number of hydrogen-bond acceptors (Lipinski definition) is 3. The van der Waals surface area contributed by atoms with E-state index in [1.54, 1.807) is 24.3 Å². The molecule has 0 saturated carbocycles. The summed E-state index contributed by atoms with van der Waals surface area (Å²) in [6, 6.07) is 6.94. The molecule has 0 bridgehead atoms. The monoisotopic (exact) mass is 320 g/mol. The fourth-order valence-corrected chi connectivity index (χ4v) is 2.64. The van der Waals surface area contributed by atoms with Crippen molar-refractivity contribution in [1.29, 1.82) is 0 Å². The van der Waals surface area contributed by atoms with Crippen LogP contribution in [0, 0.1) is 11.8 Å². The quantitative estimate of drug-likeness (QED) is 0.509. The number of halogens is 1. The molecular formula is C17H21ClN2O2. The molecule has 4 nitrogen and oxygen atoms in total. The van der Waals surface area contributed by atoms with Gasteiger partial charge in [0.1, 0.15) is 5.75 Å². The molecule has 0 aromatic heterocycles. The van der Waals surface area contributed by atoms with Gasteiger partial charge < -0.3 is 4.74 Å². The molecule has 2 atom stereocenters. The normalized spacial score (nSPS) is 21.5. The van der Waals surface area contributed by atoms with Gasteiger partial charge in [0.05, 0.1) is 0 Å². The van der Waals surface area contributed by atoms with E-state index in [-0.39, 0.29) is 12.5 Å². The van der Waals surface area contributed by atoms with Crippen LogP contribution in [-0.2, 0) is 4.79 Å². The number of amides is 1. The largest absolute Gasteiger partial charge is 0.484 e.